The number of rotatable bonds is 4. The lowest BCUT2D eigenvalue weighted by atomic mass is 10.1. The van der Waals surface area contributed by atoms with Gasteiger partial charge in [0.25, 0.3) is 11.8 Å². The summed E-state index contributed by atoms with van der Waals surface area (Å²) in [6, 6.07) is 8.83. The van der Waals surface area contributed by atoms with E-state index in [2.05, 4.69) is 6.58 Å². The van der Waals surface area contributed by atoms with Crippen LogP contribution in [-0.2, 0) is 0 Å². The molecule has 5 nitrogen and oxygen atoms in total. The van der Waals surface area contributed by atoms with E-state index in [4.69, 9.17) is 27.9 Å². The minimum atomic E-state index is -0.714. The molecule has 1 heterocycles. The summed E-state index contributed by atoms with van der Waals surface area (Å²) in [6.07, 6.45) is 1.46. The first-order valence-corrected chi connectivity index (χ1v) is 7.97. The highest BCUT2D eigenvalue weighted by Crippen LogP contribution is 2.32. The Hall–Kier alpha value is -2.63. The van der Waals surface area contributed by atoms with Gasteiger partial charge in [-0.3, -0.25) is 14.5 Å². The van der Waals surface area contributed by atoms with Crippen molar-refractivity contribution in [2.45, 2.75) is 0 Å². The number of carbonyl (C=O) groups is 3. The van der Waals surface area contributed by atoms with Gasteiger partial charge in [0.05, 0.1) is 21.7 Å². The number of benzene rings is 2. The molecular formula is C18H11Cl2NO4. The zero-order chi connectivity index (χ0) is 18.1. The van der Waals surface area contributed by atoms with Crippen molar-refractivity contribution in [1.29, 1.82) is 0 Å². The molecule has 1 aliphatic heterocycles. The van der Waals surface area contributed by atoms with Gasteiger partial charge in [0.15, 0.2) is 5.75 Å². The fraction of sp³-hybridized carbons (Fsp3) is 0.0556. The van der Waals surface area contributed by atoms with Gasteiger partial charge in [-0.15, -0.1) is 6.58 Å². The Morgan fingerprint density at radius 2 is 1.84 bits per heavy atom. The Morgan fingerprint density at radius 1 is 1.12 bits per heavy atom. The van der Waals surface area contributed by atoms with E-state index in [0.29, 0.717) is 0 Å². The maximum absolute atomic E-state index is 12.3. The van der Waals surface area contributed by atoms with Gasteiger partial charge in [-0.1, -0.05) is 35.3 Å². The fourth-order valence-electron chi connectivity index (χ4n) is 2.43. The average molecular weight is 376 g/mol. The number of nitrogens with zero attached hydrogens (tertiary/aromatic N) is 1. The molecule has 0 bridgehead atoms. The zero-order valence-electron chi connectivity index (χ0n) is 12.8. The van der Waals surface area contributed by atoms with Gasteiger partial charge in [-0.25, -0.2) is 4.79 Å². The van der Waals surface area contributed by atoms with Crippen molar-refractivity contribution in [1.82, 2.24) is 4.90 Å². The molecule has 2 aromatic rings. The maximum Gasteiger partial charge on any atom is 0.343 e. The number of halogens is 2. The van der Waals surface area contributed by atoms with Crippen LogP contribution in [0.4, 0.5) is 0 Å². The average Bonchev–Trinajstić information content (AvgIpc) is 2.84. The molecule has 25 heavy (non-hydrogen) atoms. The molecule has 0 unspecified atom stereocenters. The molecule has 0 aliphatic carbocycles. The number of hydrogen-bond acceptors (Lipinski definition) is 4. The highest BCUT2D eigenvalue weighted by Gasteiger charge is 2.35. The largest absolute Gasteiger partial charge is 0.421 e. The van der Waals surface area contributed by atoms with Crippen molar-refractivity contribution in [3.05, 3.63) is 75.8 Å². The molecule has 2 aromatic carbocycles. The summed E-state index contributed by atoms with van der Waals surface area (Å²) < 4.78 is 5.23. The number of fused-ring (bicyclic) bond motifs is 1. The summed E-state index contributed by atoms with van der Waals surface area (Å²) in [7, 11) is 0. The molecule has 0 spiro atoms. The number of hydrogen-bond donors (Lipinski definition) is 0. The van der Waals surface area contributed by atoms with Gasteiger partial charge in [-0.2, -0.15) is 0 Å². The second-order valence-electron chi connectivity index (χ2n) is 5.21. The third-order valence-electron chi connectivity index (χ3n) is 3.64. The Bertz CT molecular complexity index is 923. The highest BCUT2D eigenvalue weighted by molar-refractivity contribution is 6.43. The molecule has 0 N–H and O–H groups in total. The lowest BCUT2D eigenvalue weighted by Crippen LogP contribution is -2.29. The van der Waals surface area contributed by atoms with E-state index in [-0.39, 0.29) is 39.0 Å². The van der Waals surface area contributed by atoms with Crippen LogP contribution in [0.3, 0.4) is 0 Å². The van der Waals surface area contributed by atoms with Gasteiger partial charge in [0.1, 0.15) is 5.02 Å². The number of amides is 2. The molecule has 1 aliphatic rings. The molecule has 0 saturated heterocycles. The normalized spacial score (nSPS) is 13.0. The van der Waals surface area contributed by atoms with Crippen LogP contribution in [-0.4, -0.2) is 29.2 Å². The molecule has 3 rings (SSSR count). The number of carbonyl (C=O) groups excluding carboxylic acids is 3. The number of ether oxygens (including phenoxy) is 1. The minimum absolute atomic E-state index is 0.101. The Morgan fingerprint density at radius 3 is 2.56 bits per heavy atom. The standard InChI is InChI=1S/C18H11Cl2NO4/c1-2-8-21-16(22)11-7-6-10(9-12(11)17(21)23)18(24)25-14-5-3-4-13(19)15(14)20/h2-7,9H,1,8H2. The van der Waals surface area contributed by atoms with Crippen molar-refractivity contribution in [2.24, 2.45) is 0 Å². The van der Waals surface area contributed by atoms with Crippen molar-refractivity contribution >= 4 is 41.0 Å². The second-order valence-corrected chi connectivity index (χ2v) is 6.00. The monoisotopic (exact) mass is 375 g/mol. The molecule has 7 heteroatoms. The first kappa shape index (κ1) is 17.2. The summed E-state index contributed by atoms with van der Waals surface area (Å²) in [5.74, 6) is -1.50. The van der Waals surface area contributed by atoms with Crippen LogP contribution in [0.5, 0.6) is 5.75 Å². The van der Waals surface area contributed by atoms with E-state index in [1.807, 2.05) is 0 Å². The zero-order valence-corrected chi connectivity index (χ0v) is 14.3. The summed E-state index contributed by atoms with van der Waals surface area (Å²) in [5.41, 5.74) is 0.513. The summed E-state index contributed by atoms with van der Waals surface area (Å²) in [5, 5.41) is 0.365. The van der Waals surface area contributed by atoms with Crippen LogP contribution in [0.25, 0.3) is 0 Å². The second kappa shape index (κ2) is 6.70. The Labute approximate surface area is 153 Å². The quantitative estimate of drug-likeness (QED) is 0.350. The van der Waals surface area contributed by atoms with E-state index in [0.717, 1.165) is 4.90 Å². The molecule has 0 atom stereocenters. The first-order chi connectivity index (χ1) is 11.9. The van der Waals surface area contributed by atoms with Gasteiger partial charge in [0.2, 0.25) is 0 Å². The van der Waals surface area contributed by atoms with E-state index in [9.17, 15) is 14.4 Å². The molecule has 0 saturated carbocycles. The Balaban J connectivity index is 1.90. The fourth-order valence-corrected chi connectivity index (χ4v) is 2.76. The topological polar surface area (TPSA) is 63.7 Å². The molecule has 0 fully saturated rings. The predicted molar refractivity (Wildman–Crippen MR) is 93.4 cm³/mol. The minimum Gasteiger partial charge on any atom is -0.421 e. The van der Waals surface area contributed by atoms with Crippen LogP contribution < -0.4 is 4.74 Å². The molecule has 0 aromatic heterocycles. The van der Waals surface area contributed by atoms with Gasteiger partial charge < -0.3 is 4.74 Å². The summed E-state index contributed by atoms with van der Waals surface area (Å²) in [4.78, 5) is 37.8. The van der Waals surface area contributed by atoms with Crippen molar-refractivity contribution in [3.8, 4) is 5.75 Å². The summed E-state index contributed by atoms with van der Waals surface area (Å²) in [6.45, 7) is 3.62. The smallest absolute Gasteiger partial charge is 0.343 e. The molecule has 0 radical (unpaired) electrons. The third kappa shape index (κ3) is 3.04. The van der Waals surface area contributed by atoms with E-state index >= 15 is 0 Å². The van der Waals surface area contributed by atoms with Crippen LogP contribution in [0.15, 0.2) is 49.1 Å². The van der Waals surface area contributed by atoms with Crippen LogP contribution in [0.2, 0.25) is 10.0 Å². The van der Waals surface area contributed by atoms with Gasteiger partial charge >= 0.3 is 5.97 Å². The van der Waals surface area contributed by atoms with Crippen molar-refractivity contribution < 1.29 is 19.1 Å². The summed E-state index contributed by atoms with van der Waals surface area (Å²) >= 11 is 11.9. The first-order valence-electron chi connectivity index (χ1n) is 7.21. The SMILES string of the molecule is C=CCN1C(=O)c2ccc(C(=O)Oc3cccc(Cl)c3Cl)cc2C1=O. The number of esters is 1. The van der Waals surface area contributed by atoms with Crippen LogP contribution in [0.1, 0.15) is 31.1 Å². The highest BCUT2D eigenvalue weighted by atomic mass is 35.5. The molecule has 126 valence electrons. The van der Waals surface area contributed by atoms with Crippen LogP contribution in [0, 0.1) is 0 Å². The van der Waals surface area contributed by atoms with Crippen LogP contribution >= 0.6 is 23.2 Å². The van der Waals surface area contributed by atoms with Crippen molar-refractivity contribution in [2.75, 3.05) is 6.54 Å². The number of imide groups is 1. The lowest BCUT2D eigenvalue weighted by Gasteiger charge is -2.09. The van der Waals surface area contributed by atoms with E-state index < -0.39 is 17.8 Å². The lowest BCUT2D eigenvalue weighted by molar-refractivity contribution is 0.0671. The molecular weight excluding hydrogens is 365 g/mol. The molecule has 2 amide bonds. The van der Waals surface area contributed by atoms with Crippen molar-refractivity contribution in [3.63, 3.8) is 0 Å². The Kier molecular flexibility index (Phi) is 4.61. The maximum atomic E-state index is 12.3. The van der Waals surface area contributed by atoms with E-state index in [1.165, 1.54) is 30.3 Å². The predicted octanol–water partition coefficient (Wildman–Crippen LogP) is 3.99. The third-order valence-corrected chi connectivity index (χ3v) is 4.44. The van der Waals surface area contributed by atoms with E-state index in [1.54, 1.807) is 12.1 Å². The van der Waals surface area contributed by atoms with Gasteiger partial charge in [0, 0.05) is 6.54 Å². The van der Waals surface area contributed by atoms with Gasteiger partial charge in [-0.05, 0) is 30.3 Å².